The molecule has 1 aliphatic heterocycles. The molecule has 0 aromatic heterocycles. The van der Waals surface area contributed by atoms with E-state index in [9.17, 15) is 9.59 Å². The molecular weight excluding hydrogens is 302 g/mol. The van der Waals surface area contributed by atoms with Crippen LogP contribution in [0.2, 0.25) is 0 Å². The van der Waals surface area contributed by atoms with Crippen molar-refractivity contribution in [1.82, 2.24) is 4.90 Å². The summed E-state index contributed by atoms with van der Waals surface area (Å²) in [4.78, 5) is 25.7. The van der Waals surface area contributed by atoms with E-state index in [1.807, 2.05) is 4.90 Å². The molecule has 1 amide bonds. The maximum atomic E-state index is 11.9. The summed E-state index contributed by atoms with van der Waals surface area (Å²) >= 11 is 0. The molecule has 1 unspecified atom stereocenters. The van der Waals surface area contributed by atoms with Gasteiger partial charge in [0.25, 0.3) is 0 Å². The van der Waals surface area contributed by atoms with Crippen LogP contribution in [0.4, 0.5) is 0 Å². The predicted octanol–water partition coefficient (Wildman–Crippen LogP) is 4.96. The van der Waals surface area contributed by atoms with Gasteiger partial charge >= 0.3 is 5.97 Å². The van der Waals surface area contributed by atoms with Crippen LogP contribution in [0.25, 0.3) is 0 Å². The van der Waals surface area contributed by atoms with E-state index in [0.29, 0.717) is 19.6 Å². The first kappa shape index (κ1) is 22.9. The molecule has 4 heteroatoms. The van der Waals surface area contributed by atoms with Crippen molar-refractivity contribution in [2.45, 2.75) is 91.9 Å². The van der Waals surface area contributed by atoms with Gasteiger partial charge in [-0.15, -0.1) is 0 Å². The van der Waals surface area contributed by atoms with Crippen molar-refractivity contribution in [3.8, 4) is 0 Å². The molecule has 0 spiro atoms. The molecule has 142 valence electrons. The molecule has 0 aliphatic carbocycles. The van der Waals surface area contributed by atoms with E-state index in [0.717, 1.165) is 32.2 Å². The number of hydrogen-bond donors (Lipinski definition) is 0. The average molecular weight is 342 g/mol. The number of ether oxygens (including phenoxy) is 1. The van der Waals surface area contributed by atoms with Crippen LogP contribution in [0.1, 0.15) is 91.9 Å². The Bertz CT molecular complexity index is 331. The maximum Gasteiger partial charge on any atom is 0.311 e. The SMILES string of the molecule is CCC.CCCCCCCN1CC(C(=O)OCCCCC)CC1=O. The summed E-state index contributed by atoms with van der Waals surface area (Å²) in [6.45, 7) is 10.4. The fourth-order valence-electron chi connectivity index (χ4n) is 2.70. The zero-order valence-electron chi connectivity index (χ0n) is 16.4. The van der Waals surface area contributed by atoms with E-state index in [2.05, 4.69) is 27.7 Å². The highest BCUT2D eigenvalue weighted by Gasteiger charge is 2.34. The summed E-state index contributed by atoms with van der Waals surface area (Å²) in [5, 5.41) is 0. The highest BCUT2D eigenvalue weighted by molar-refractivity contribution is 5.86. The van der Waals surface area contributed by atoms with Gasteiger partial charge < -0.3 is 9.64 Å². The van der Waals surface area contributed by atoms with Crippen LogP contribution >= 0.6 is 0 Å². The first-order valence-electron chi connectivity index (χ1n) is 10.0. The third-order valence-electron chi connectivity index (χ3n) is 4.07. The first-order chi connectivity index (χ1) is 11.6. The number of rotatable bonds is 11. The Hall–Kier alpha value is -1.06. The molecule has 0 aromatic rings. The molecular formula is C20H39NO3. The molecule has 1 heterocycles. The Balaban J connectivity index is 0.00000163. The quantitative estimate of drug-likeness (QED) is 0.394. The fraction of sp³-hybridized carbons (Fsp3) is 0.900. The van der Waals surface area contributed by atoms with Crippen LogP contribution in [0.3, 0.4) is 0 Å². The van der Waals surface area contributed by atoms with Crippen molar-refractivity contribution in [3.05, 3.63) is 0 Å². The molecule has 0 radical (unpaired) electrons. The van der Waals surface area contributed by atoms with E-state index in [-0.39, 0.29) is 17.8 Å². The van der Waals surface area contributed by atoms with Gasteiger partial charge in [0.05, 0.1) is 12.5 Å². The monoisotopic (exact) mass is 341 g/mol. The second-order valence-corrected chi connectivity index (χ2v) is 6.74. The van der Waals surface area contributed by atoms with Crippen molar-refractivity contribution in [2.24, 2.45) is 5.92 Å². The standard InChI is InChI=1S/C17H31NO3.C3H8/c1-3-5-7-8-9-11-18-14-15(13-16(18)19)17(20)21-12-10-6-4-2;1-3-2/h15H,3-14H2,1-2H3;3H2,1-2H3. The normalized spacial score (nSPS) is 16.8. The van der Waals surface area contributed by atoms with Crippen LogP contribution < -0.4 is 0 Å². The lowest BCUT2D eigenvalue weighted by Gasteiger charge is -2.16. The zero-order valence-corrected chi connectivity index (χ0v) is 16.4. The number of likely N-dealkylation sites (tertiary alicyclic amines) is 1. The molecule has 1 rings (SSSR count). The molecule has 0 N–H and O–H groups in total. The van der Waals surface area contributed by atoms with Crippen molar-refractivity contribution in [3.63, 3.8) is 0 Å². The smallest absolute Gasteiger partial charge is 0.311 e. The minimum atomic E-state index is -0.241. The van der Waals surface area contributed by atoms with E-state index in [4.69, 9.17) is 4.74 Å². The molecule has 0 saturated carbocycles. The van der Waals surface area contributed by atoms with Crippen LogP contribution in [-0.4, -0.2) is 36.5 Å². The predicted molar refractivity (Wildman–Crippen MR) is 99.9 cm³/mol. The third-order valence-corrected chi connectivity index (χ3v) is 4.07. The second-order valence-electron chi connectivity index (χ2n) is 6.74. The lowest BCUT2D eigenvalue weighted by Crippen LogP contribution is -2.27. The van der Waals surface area contributed by atoms with Gasteiger partial charge in [0, 0.05) is 19.5 Å². The summed E-state index contributed by atoms with van der Waals surface area (Å²) in [5.74, 6) is -0.316. The first-order valence-corrected chi connectivity index (χ1v) is 10.0. The van der Waals surface area contributed by atoms with E-state index >= 15 is 0 Å². The second kappa shape index (κ2) is 15.5. The van der Waals surface area contributed by atoms with Crippen molar-refractivity contribution in [1.29, 1.82) is 0 Å². The Morgan fingerprint density at radius 3 is 2.21 bits per heavy atom. The molecule has 24 heavy (non-hydrogen) atoms. The molecule has 0 aromatic carbocycles. The largest absolute Gasteiger partial charge is 0.465 e. The van der Waals surface area contributed by atoms with E-state index in [1.54, 1.807) is 0 Å². The van der Waals surface area contributed by atoms with Crippen LogP contribution in [0.5, 0.6) is 0 Å². The van der Waals surface area contributed by atoms with Crippen molar-refractivity contribution < 1.29 is 14.3 Å². The van der Waals surface area contributed by atoms with Crippen molar-refractivity contribution >= 4 is 11.9 Å². The lowest BCUT2D eigenvalue weighted by atomic mass is 10.1. The Morgan fingerprint density at radius 2 is 1.58 bits per heavy atom. The van der Waals surface area contributed by atoms with E-state index < -0.39 is 0 Å². The van der Waals surface area contributed by atoms with Gasteiger partial charge in [-0.25, -0.2) is 0 Å². The molecule has 0 bridgehead atoms. The summed E-state index contributed by atoms with van der Waals surface area (Å²) < 4.78 is 5.26. The summed E-state index contributed by atoms with van der Waals surface area (Å²) in [6.07, 6.45) is 10.7. The molecule has 4 nitrogen and oxygen atoms in total. The van der Waals surface area contributed by atoms with Gasteiger partial charge in [-0.2, -0.15) is 0 Å². The molecule has 1 aliphatic rings. The summed E-state index contributed by atoms with van der Waals surface area (Å²) in [6, 6.07) is 0. The van der Waals surface area contributed by atoms with Crippen LogP contribution in [0, 0.1) is 5.92 Å². The van der Waals surface area contributed by atoms with Crippen LogP contribution in [-0.2, 0) is 14.3 Å². The Labute approximate surface area is 149 Å². The molecule has 1 atom stereocenters. The highest BCUT2D eigenvalue weighted by atomic mass is 16.5. The van der Waals surface area contributed by atoms with Crippen LogP contribution in [0.15, 0.2) is 0 Å². The third kappa shape index (κ3) is 10.7. The van der Waals surface area contributed by atoms with Gasteiger partial charge in [-0.3, -0.25) is 9.59 Å². The molecule has 1 saturated heterocycles. The number of carbonyl (C=O) groups excluding carboxylic acids is 2. The number of unbranched alkanes of at least 4 members (excludes halogenated alkanes) is 6. The number of amides is 1. The van der Waals surface area contributed by atoms with Gasteiger partial charge in [-0.1, -0.05) is 72.6 Å². The van der Waals surface area contributed by atoms with E-state index in [1.165, 1.54) is 32.1 Å². The van der Waals surface area contributed by atoms with Crippen molar-refractivity contribution in [2.75, 3.05) is 19.7 Å². The zero-order chi connectivity index (χ0) is 18.2. The van der Waals surface area contributed by atoms with Gasteiger partial charge in [-0.05, 0) is 12.8 Å². The number of esters is 1. The lowest BCUT2D eigenvalue weighted by molar-refractivity contribution is -0.148. The number of hydrogen-bond acceptors (Lipinski definition) is 3. The summed E-state index contributed by atoms with van der Waals surface area (Å²) in [7, 11) is 0. The minimum Gasteiger partial charge on any atom is -0.465 e. The number of carbonyl (C=O) groups is 2. The minimum absolute atomic E-state index is 0.112. The Morgan fingerprint density at radius 1 is 1.00 bits per heavy atom. The summed E-state index contributed by atoms with van der Waals surface area (Å²) in [5.41, 5.74) is 0. The van der Waals surface area contributed by atoms with Gasteiger partial charge in [0.1, 0.15) is 0 Å². The Kier molecular flexibility index (Phi) is 14.8. The van der Waals surface area contributed by atoms with Gasteiger partial charge in [0.2, 0.25) is 5.91 Å². The topological polar surface area (TPSA) is 46.6 Å². The number of nitrogens with zero attached hydrogens (tertiary/aromatic N) is 1. The average Bonchev–Trinajstić information content (AvgIpc) is 2.93. The molecule has 1 fully saturated rings. The maximum absolute atomic E-state index is 11.9. The fourth-order valence-corrected chi connectivity index (χ4v) is 2.70. The van der Waals surface area contributed by atoms with Gasteiger partial charge in [0.15, 0.2) is 0 Å². The highest BCUT2D eigenvalue weighted by Crippen LogP contribution is 2.20.